The monoisotopic (exact) mass is 379 g/mol. The molecule has 3 saturated heterocycles. The quantitative estimate of drug-likeness (QED) is 0.687. The molecular formula is C17H12F3N3O4. The van der Waals surface area contributed by atoms with Gasteiger partial charge in [-0.2, -0.15) is 18.4 Å². The summed E-state index contributed by atoms with van der Waals surface area (Å²) in [5.74, 6) is -3.91. The Morgan fingerprint density at radius 1 is 1.26 bits per heavy atom. The van der Waals surface area contributed by atoms with Gasteiger partial charge in [0.1, 0.15) is 11.7 Å². The minimum atomic E-state index is -4.88. The zero-order valence-electron chi connectivity index (χ0n) is 14.1. The Morgan fingerprint density at radius 2 is 1.89 bits per heavy atom. The number of anilines is 1. The highest BCUT2D eigenvalue weighted by atomic mass is 19.4. The van der Waals surface area contributed by atoms with Crippen molar-refractivity contribution in [2.45, 2.75) is 37.6 Å². The van der Waals surface area contributed by atoms with E-state index in [1.165, 1.54) is 13.0 Å². The molecule has 0 aromatic carbocycles. The minimum absolute atomic E-state index is 0.0447. The summed E-state index contributed by atoms with van der Waals surface area (Å²) in [5, 5.41) is 8.83. The third-order valence-corrected chi connectivity index (χ3v) is 5.61. The largest absolute Gasteiger partial charge is 0.419 e. The molecule has 4 unspecified atom stereocenters. The summed E-state index contributed by atoms with van der Waals surface area (Å²) in [6.07, 6.45) is -4.05. The average Bonchev–Trinajstić information content (AvgIpc) is 3.07. The summed E-state index contributed by atoms with van der Waals surface area (Å²) < 4.78 is 45.3. The number of nitrogens with zero attached hydrogens (tertiary/aromatic N) is 3. The van der Waals surface area contributed by atoms with Crippen LogP contribution in [0.15, 0.2) is 12.3 Å². The van der Waals surface area contributed by atoms with Crippen molar-refractivity contribution in [3.63, 3.8) is 0 Å². The molecule has 0 radical (unpaired) electrons. The number of pyridine rings is 1. The Kier molecular flexibility index (Phi) is 3.21. The van der Waals surface area contributed by atoms with E-state index in [1.54, 1.807) is 6.92 Å². The number of hydrogen-bond acceptors (Lipinski definition) is 6. The van der Waals surface area contributed by atoms with Gasteiger partial charge in [0.15, 0.2) is 11.5 Å². The number of alkyl halides is 3. The minimum Gasteiger partial charge on any atom is -0.359 e. The van der Waals surface area contributed by atoms with Gasteiger partial charge in [-0.3, -0.25) is 14.4 Å². The van der Waals surface area contributed by atoms with E-state index in [-0.39, 0.29) is 17.9 Å². The number of fused-ring (bicyclic) bond motifs is 5. The molecule has 3 fully saturated rings. The van der Waals surface area contributed by atoms with Crippen LogP contribution in [0.3, 0.4) is 0 Å². The first-order valence-corrected chi connectivity index (χ1v) is 8.02. The van der Waals surface area contributed by atoms with Gasteiger partial charge in [-0.05, 0) is 19.9 Å². The molecule has 1 aromatic heterocycles. The van der Waals surface area contributed by atoms with Crippen LogP contribution in [-0.2, 0) is 25.3 Å². The maximum Gasteiger partial charge on any atom is 0.419 e. The molecule has 2 bridgehead atoms. The molecule has 4 heterocycles. The number of carbonyl (C=O) groups excluding carboxylic acids is 3. The molecule has 10 heteroatoms. The van der Waals surface area contributed by atoms with E-state index < -0.39 is 52.3 Å². The van der Waals surface area contributed by atoms with Crippen molar-refractivity contribution in [3.05, 3.63) is 23.5 Å². The Labute approximate surface area is 150 Å². The summed E-state index contributed by atoms with van der Waals surface area (Å²) in [4.78, 5) is 42.1. The standard InChI is InChI=1S/C17H12F3N3O4/c1-15-4-10(24)16(2,27-15)12-11(15)13(25)23(14(12)26)7-3-8(17(18,19)20)9(5-21)22-6-7/h3,6,11-12H,4H2,1-2H3. The highest BCUT2D eigenvalue weighted by molar-refractivity contribution is 6.25. The van der Waals surface area contributed by atoms with Crippen molar-refractivity contribution in [2.24, 2.45) is 11.8 Å². The van der Waals surface area contributed by atoms with E-state index >= 15 is 0 Å². The van der Waals surface area contributed by atoms with E-state index in [4.69, 9.17) is 10.00 Å². The average molecular weight is 379 g/mol. The van der Waals surface area contributed by atoms with Crippen LogP contribution in [0.4, 0.5) is 18.9 Å². The number of nitriles is 1. The van der Waals surface area contributed by atoms with Gasteiger partial charge in [0.05, 0.1) is 34.9 Å². The van der Waals surface area contributed by atoms with Crippen LogP contribution in [0.25, 0.3) is 0 Å². The number of ether oxygens (including phenoxy) is 1. The number of rotatable bonds is 1. The molecule has 0 spiro atoms. The Morgan fingerprint density at radius 3 is 2.48 bits per heavy atom. The molecule has 1 aromatic rings. The topological polar surface area (TPSA) is 100 Å². The Balaban J connectivity index is 1.82. The van der Waals surface area contributed by atoms with Crippen LogP contribution < -0.4 is 4.90 Å². The summed E-state index contributed by atoms with van der Waals surface area (Å²) >= 11 is 0. The van der Waals surface area contributed by atoms with Crippen LogP contribution in [-0.4, -0.2) is 33.8 Å². The van der Waals surface area contributed by atoms with Gasteiger partial charge in [-0.25, -0.2) is 9.88 Å². The molecule has 0 N–H and O–H groups in total. The molecule has 3 aliphatic rings. The number of hydrogen-bond donors (Lipinski definition) is 0. The lowest BCUT2D eigenvalue weighted by atomic mass is 9.68. The summed E-state index contributed by atoms with van der Waals surface area (Å²) in [6.45, 7) is 2.98. The summed E-state index contributed by atoms with van der Waals surface area (Å²) in [6, 6.07) is 1.89. The van der Waals surface area contributed by atoms with E-state index in [1.807, 2.05) is 0 Å². The van der Waals surface area contributed by atoms with Crippen molar-refractivity contribution in [3.8, 4) is 6.07 Å². The zero-order valence-corrected chi connectivity index (χ0v) is 14.1. The maximum atomic E-state index is 13.2. The number of imide groups is 1. The number of carbonyl (C=O) groups is 3. The van der Waals surface area contributed by atoms with Crippen molar-refractivity contribution in [1.82, 2.24) is 4.98 Å². The normalized spacial score (nSPS) is 35.0. The lowest BCUT2D eigenvalue weighted by Crippen LogP contribution is -2.46. The first-order chi connectivity index (χ1) is 12.4. The molecule has 2 amide bonds. The van der Waals surface area contributed by atoms with Gasteiger partial charge >= 0.3 is 6.18 Å². The van der Waals surface area contributed by atoms with Crippen LogP contribution in [0.5, 0.6) is 0 Å². The summed E-state index contributed by atoms with van der Waals surface area (Å²) in [5.41, 5.74) is -5.24. The lowest BCUT2D eigenvalue weighted by Gasteiger charge is -2.26. The molecule has 7 nitrogen and oxygen atoms in total. The number of aromatic nitrogens is 1. The Bertz CT molecular complexity index is 969. The SMILES string of the molecule is CC12CC(=O)C(C)(O1)C1C(=O)N(c3cnc(C#N)c(C(F)(F)F)c3)C(=O)C12. The predicted molar refractivity (Wildman–Crippen MR) is 80.9 cm³/mol. The van der Waals surface area contributed by atoms with Gasteiger partial charge in [0.2, 0.25) is 11.8 Å². The molecule has 4 rings (SSSR count). The number of ketones is 1. The number of Topliss-reactive ketones (excluding diaryl/α,β-unsaturated/α-hetero) is 1. The van der Waals surface area contributed by atoms with Crippen LogP contribution in [0.2, 0.25) is 0 Å². The molecule has 140 valence electrons. The second-order valence-electron chi connectivity index (χ2n) is 7.29. The van der Waals surface area contributed by atoms with Crippen molar-refractivity contribution >= 4 is 23.3 Å². The van der Waals surface area contributed by atoms with Crippen molar-refractivity contribution in [2.75, 3.05) is 4.90 Å². The Hall–Kier alpha value is -2.80. The third kappa shape index (κ3) is 2.06. The maximum absolute atomic E-state index is 13.2. The molecular weight excluding hydrogens is 367 g/mol. The molecule has 4 atom stereocenters. The molecule has 0 saturated carbocycles. The predicted octanol–water partition coefficient (Wildman–Crippen LogP) is 1.60. The van der Waals surface area contributed by atoms with Crippen molar-refractivity contribution in [1.29, 1.82) is 5.26 Å². The van der Waals surface area contributed by atoms with Gasteiger partial charge in [0, 0.05) is 6.42 Å². The number of halogens is 3. The first kappa shape index (κ1) is 17.6. The van der Waals surface area contributed by atoms with E-state index in [0.29, 0.717) is 11.0 Å². The lowest BCUT2D eigenvalue weighted by molar-refractivity contribution is -0.140. The fraction of sp³-hybridized carbons (Fsp3) is 0.471. The smallest absolute Gasteiger partial charge is 0.359 e. The molecule has 27 heavy (non-hydrogen) atoms. The van der Waals surface area contributed by atoms with Crippen LogP contribution in [0, 0.1) is 23.2 Å². The van der Waals surface area contributed by atoms with E-state index in [9.17, 15) is 27.6 Å². The fourth-order valence-electron chi connectivity index (χ4n) is 4.46. The van der Waals surface area contributed by atoms with Gasteiger partial charge in [-0.1, -0.05) is 0 Å². The highest BCUT2D eigenvalue weighted by Gasteiger charge is 2.76. The van der Waals surface area contributed by atoms with Crippen LogP contribution in [0.1, 0.15) is 31.5 Å². The number of amides is 2. The van der Waals surface area contributed by atoms with E-state index in [0.717, 1.165) is 6.20 Å². The van der Waals surface area contributed by atoms with Gasteiger partial charge < -0.3 is 4.74 Å². The second kappa shape index (κ2) is 4.92. The zero-order chi connectivity index (χ0) is 19.9. The second-order valence-corrected chi connectivity index (χ2v) is 7.29. The highest BCUT2D eigenvalue weighted by Crippen LogP contribution is 2.59. The first-order valence-electron chi connectivity index (χ1n) is 8.02. The van der Waals surface area contributed by atoms with Gasteiger partial charge in [0.25, 0.3) is 0 Å². The van der Waals surface area contributed by atoms with Gasteiger partial charge in [-0.15, -0.1) is 0 Å². The van der Waals surface area contributed by atoms with Crippen molar-refractivity contribution < 1.29 is 32.3 Å². The van der Waals surface area contributed by atoms with Crippen LogP contribution >= 0.6 is 0 Å². The third-order valence-electron chi connectivity index (χ3n) is 5.61. The molecule has 3 aliphatic heterocycles. The summed E-state index contributed by atoms with van der Waals surface area (Å²) in [7, 11) is 0. The van der Waals surface area contributed by atoms with E-state index in [2.05, 4.69) is 4.98 Å². The fourth-order valence-corrected chi connectivity index (χ4v) is 4.46. The molecule has 0 aliphatic carbocycles.